The Morgan fingerprint density at radius 2 is 1.93 bits per heavy atom. The summed E-state index contributed by atoms with van der Waals surface area (Å²) in [5.41, 5.74) is 9.58. The van der Waals surface area contributed by atoms with E-state index in [1.807, 2.05) is 39.0 Å². The van der Waals surface area contributed by atoms with Crippen molar-refractivity contribution in [3.63, 3.8) is 0 Å². The Bertz CT molecular complexity index is 500. The van der Waals surface area contributed by atoms with Crippen molar-refractivity contribution in [2.45, 2.75) is 20.8 Å². The van der Waals surface area contributed by atoms with Gasteiger partial charge in [0.15, 0.2) is 5.89 Å². The number of benzene rings is 1. The second kappa shape index (κ2) is 3.42. The largest absolute Gasteiger partial charge is 0.446 e. The topological polar surface area (TPSA) is 52.0 Å². The van der Waals surface area contributed by atoms with Gasteiger partial charge in [-0.2, -0.15) is 0 Å². The molecule has 0 atom stereocenters. The van der Waals surface area contributed by atoms with Crippen LogP contribution < -0.4 is 5.73 Å². The normalized spacial score (nSPS) is 10.6. The Morgan fingerprint density at radius 1 is 1.20 bits per heavy atom. The van der Waals surface area contributed by atoms with Crippen molar-refractivity contribution >= 4 is 5.69 Å². The summed E-state index contributed by atoms with van der Waals surface area (Å²) in [5, 5.41) is 0. The van der Waals surface area contributed by atoms with E-state index in [4.69, 9.17) is 10.2 Å². The molecule has 3 nitrogen and oxygen atoms in total. The summed E-state index contributed by atoms with van der Waals surface area (Å²) in [7, 11) is 0. The van der Waals surface area contributed by atoms with Crippen LogP contribution in [0.25, 0.3) is 11.3 Å². The first-order valence-corrected chi connectivity index (χ1v) is 4.88. The van der Waals surface area contributed by atoms with Gasteiger partial charge in [-0.05, 0) is 31.5 Å². The molecule has 0 amide bonds. The SMILES string of the molecule is Cc1nc(-c2ccc(N)cc2C)c(C)o1. The van der Waals surface area contributed by atoms with Crippen LogP contribution in [-0.2, 0) is 0 Å². The van der Waals surface area contributed by atoms with E-state index in [2.05, 4.69) is 4.98 Å². The molecule has 1 aromatic carbocycles. The quantitative estimate of drug-likeness (QED) is 0.723. The van der Waals surface area contributed by atoms with Crippen LogP contribution in [0.1, 0.15) is 17.2 Å². The zero-order valence-electron chi connectivity index (χ0n) is 9.16. The van der Waals surface area contributed by atoms with Crippen LogP contribution in [0.15, 0.2) is 22.6 Å². The Balaban J connectivity index is 2.59. The van der Waals surface area contributed by atoms with Crippen molar-refractivity contribution < 1.29 is 4.42 Å². The van der Waals surface area contributed by atoms with Gasteiger partial charge in [0.05, 0.1) is 0 Å². The standard InChI is InChI=1S/C12H14N2O/c1-7-6-10(13)4-5-11(7)12-8(2)15-9(3)14-12/h4-6H,13H2,1-3H3. The fourth-order valence-electron chi connectivity index (χ4n) is 1.73. The third-order valence-electron chi connectivity index (χ3n) is 2.41. The van der Waals surface area contributed by atoms with Crippen molar-refractivity contribution in [2.75, 3.05) is 5.73 Å². The number of nitrogens with zero attached hydrogens (tertiary/aromatic N) is 1. The maximum Gasteiger partial charge on any atom is 0.191 e. The molecule has 3 heteroatoms. The van der Waals surface area contributed by atoms with Gasteiger partial charge in [-0.1, -0.05) is 6.07 Å². The molecule has 78 valence electrons. The minimum atomic E-state index is 0.693. The van der Waals surface area contributed by atoms with E-state index in [1.54, 1.807) is 0 Å². The zero-order valence-corrected chi connectivity index (χ0v) is 9.16. The van der Waals surface area contributed by atoms with Crippen molar-refractivity contribution in [3.05, 3.63) is 35.4 Å². The fraction of sp³-hybridized carbons (Fsp3) is 0.250. The molecule has 1 aromatic heterocycles. The number of hydrogen-bond donors (Lipinski definition) is 1. The molecule has 2 N–H and O–H groups in total. The van der Waals surface area contributed by atoms with Crippen LogP contribution in [0.5, 0.6) is 0 Å². The number of hydrogen-bond acceptors (Lipinski definition) is 3. The summed E-state index contributed by atoms with van der Waals surface area (Å²) in [5.74, 6) is 1.54. The maximum absolute atomic E-state index is 5.70. The Morgan fingerprint density at radius 3 is 2.47 bits per heavy atom. The second-order valence-corrected chi connectivity index (χ2v) is 3.71. The summed E-state index contributed by atoms with van der Waals surface area (Å²) >= 11 is 0. The number of aromatic nitrogens is 1. The minimum Gasteiger partial charge on any atom is -0.446 e. The van der Waals surface area contributed by atoms with E-state index in [0.717, 1.165) is 28.3 Å². The summed E-state index contributed by atoms with van der Waals surface area (Å²) in [6.07, 6.45) is 0. The molecular weight excluding hydrogens is 188 g/mol. The van der Waals surface area contributed by atoms with Crippen LogP contribution in [0.4, 0.5) is 5.69 Å². The molecule has 0 saturated heterocycles. The second-order valence-electron chi connectivity index (χ2n) is 3.71. The molecule has 15 heavy (non-hydrogen) atoms. The average Bonchev–Trinajstić information content (AvgIpc) is 2.45. The molecule has 0 aliphatic heterocycles. The lowest BCUT2D eigenvalue weighted by molar-refractivity contribution is 0.495. The summed E-state index contributed by atoms with van der Waals surface area (Å²) in [6.45, 7) is 5.80. The first kappa shape index (κ1) is 9.77. The first-order chi connectivity index (χ1) is 7.08. The highest BCUT2D eigenvalue weighted by molar-refractivity contribution is 5.67. The number of aryl methyl sites for hydroxylation is 3. The van der Waals surface area contributed by atoms with E-state index in [0.29, 0.717) is 5.89 Å². The van der Waals surface area contributed by atoms with Gasteiger partial charge in [0.25, 0.3) is 0 Å². The van der Waals surface area contributed by atoms with Gasteiger partial charge in [0.2, 0.25) is 0 Å². The number of rotatable bonds is 1. The van der Waals surface area contributed by atoms with Crippen LogP contribution in [0.3, 0.4) is 0 Å². The third-order valence-corrected chi connectivity index (χ3v) is 2.41. The lowest BCUT2D eigenvalue weighted by atomic mass is 10.0. The summed E-state index contributed by atoms with van der Waals surface area (Å²) < 4.78 is 5.41. The highest BCUT2D eigenvalue weighted by Gasteiger charge is 2.11. The predicted molar refractivity (Wildman–Crippen MR) is 60.6 cm³/mol. The monoisotopic (exact) mass is 202 g/mol. The summed E-state index contributed by atoms with van der Waals surface area (Å²) in [4.78, 5) is 4.36. The lowest BCUT2D eigenvalue weighted by Gasteiger charge is -2.03. The van der Waals surface area contributed by atoms with Crippen molar-refractivity contribution in [1.29, 1.82) is 0 Å². The number of nitrogen functional groups attached to an aromatic ring is 1. The fourth-order valence-corrected chi connectivity index (χ4v) is 1.73. The van der Waals surface area contributed by atoms with Gasteiger partial charge in [-0.25, -0.2) is 4.98 Å². The van der Waals surface area contributed by atoms with Gasteiger partial charge in [-0.3, -0.25) is 0 Å². The van der Waals surface area contributed by atoms with E-state index in [9.17, 15) is 0 Å². The van der Waals surface area contributed by atoms with E-state index < -0.39 is 0 Å². The van der Waals surface area contributed by atoms with E-state index in [-0.39, 0.29) is 0 Å². The molecule has 0 fully saturated rings. The van der Waals surface area contributed by atoms with Crippen LogP contribution >= 0.6 is 0 Å². The Hall–Kier alpha value is -1.77. The van der Waals surface area contributed by atoms with Crippen molar-refractivity contribution in [3.8, 4) is 11.3 Å². The first-order valence-electron chi connectivity index (χ1n) is 4.88. The van der Waals surface area contributed by atoms with E-state index >= 15 is 0 Å². The van der Waals surface area contributed by atoms with Crippen LogP contribution in [-0.4, -0.2) is 4.98 Å². The number of nitrogens with two attached hydrogens (primary N) is 1. The molecule has 2 aromatic rings. The molecule has 0 bridgehead atoms. The summed E-state index contributed by atoms with van der Waals surface area (Å²) in [6, 6.07) is 5.81. The molecule has 0 saturated carbocycles. The average molecular weight is 202 g/mol. The number of oxazole rings is 1. The molecule has 0 unspecified atom stereocenters. The van der Waals surface area contributed by atoms with Gasteiger partial charge in [-0.15, -0.1) is 0 Å². The van der Waals surface area contributed by atoms with E-state index in [1.165, 1.54) is 0 Å². The zero-order chi connectivity index (χ0) is 11.0. The highest BCUT2D eigenvalue weighted by atomic mass is 16.4. The van der Waals surface area contributed by atoms with Crippen molar-refractivity contribution in [2.24, 2.45) is 0 Å². The molecule has 0 spiro atoms. The van der Waals surface area contributed by atoms with Crippen LogP contribution in [0, 0.1) is 20.8 Å². The molecule has 0 radical (unpaired) electrons. The smallest absolute Gasteiger partial charge is 0.191 e. The van der Waals surface area contributed by atoms with Crippen LogP contribution in [0.2, 0.25) is 0 Å². The molecular formula is C12H14N2O. The maximum atomic E-state index is 5.70. The van der Waals surface area contributed by atoms with Gasteiger partial charge in [0.1, 0.15) is 11.5 Å². The predicted octanol–water partition coefficient (Wildman–Crippen LogP) is 2.85. The molecule has 2 rings (SSSR count). The molecule has 0 aliphatic rings. The Kier molecular flexibility index (Phi) is 2.23. The Labute approximate surface area is 88.9 Å². The van der Waals surface area contributed by atoms with Crippen molar-refractivity contribution in [1.82, 2.24) is 4.98 Å². The number of anilines is 1. The highest BCUT2D eigenvalue weighted by Crippen LogP contribution is 2.27. The lowest BCUT2D eigenvalue weighted by Crippen LogP contribution is -1.89. The van der Waals surface area contributed by atoms with Gasteiger partial charge < -0.3 is 10.2 Å². The van der Waals surface area contributed by atoms with Gasteiger partial charge in [0, 0.05) is 18.2 Å². The minimum absolute atomic E-state index is 0.693. The molecule has 0 aliphatic carbocycles. The molecule has 1 heterocycles. The van der Waals surface area contributed by atoms with Gasteiger partial charge >= 0.3 is 0 Å². The third kappa shape index (κ3) is 1.73.